The third-order valence-corrected chi connectivity index (χ3v) is 4.60. The summed E-state index contributed by atoms with van der Waals surface area (Å²) in [6, 6.07) is 8.15. The van der Waals surface area contributed by atoms with Crippen LogP contribution in [0.5, 0.6) is 0 Å². The van der Waals surface area contributed by atoms with E-state index >= 15 is 0 Å². The standard InChI is InChI=1S/C15H20BrNO/c1-2-12-7-8-15(18)17(10-9-12)11-13-5-3-4-6-14(13)16/h3-6,12H,2,7-11H2,1H3. The van der Waals surface area contributed by atoms with E-state index in [-0.39, 0.29) is 0 Å². The van der Waals surface area contributed by atoms with Gasteiger partial charge in [-0.2, -0.15) is 0 Å². The lowest BCUT2D eigenvalue weighted by atomic mass is 9.98. The normalized spacial score (nSPS) is 20.9. The Morgan fingerprint density at radius 2 is 2.11 bits per heavy atom. The minimum absolute atomic E-state index is 0.307. The van der Waals surface area contributed by atoms with Crippen LogP contribution in [0.3, 0.4) is 0 Å². The second kappa shape index (κ2) is 6.37. The number of rotatable bonds is 3. The molecule has 2 nitrogen and oxygen atoms in total. The lowest BCUT2D eigenvalue weighted by Gasteiger charge is -2.21. The summed E-state index contributed by atoms with van der Waals surface area (Å²) in [4.78, 5) is 14.1. The molecule has 0 aromatic heterocycles. The molecular formula is C15H20BrNO. The lowest BCUT2D eigenvalue weighted by molar-refractivity contribution is -0.131. The Morgan fingerprint density at radius 1 is 1.33 bits per heavy atom. The summed E-state index contributed by atoms with van der Waals surface area (Å²) in [5.74, 6) is 1.03. The van der Waals surface area contributed by atoms with E-state index in [1.807, 2.05) is 23.1 Å². The van der Waals surface area contributed by atoms with Crippen molar-refractivity contribution in [3.63, 3.8) is 0 Å². The molecule has 0 bridgehead atoms. The van der Waals surface area contributed by atoms with E-state index in [1.54, 1.807) is 0 Å². The Hall–Kier alpha value is -0.830. The molecular weight excluding hydrogens is 290 g/mol. The molecule has 1 fully saturated rings. The smallest absolute Gasteiger partial charge is 0.222 e. The van der Waals surface area contributed by atoms with Crippen molar-refractivity contribution in [2.24, 2.45) is 5.92 Å². The predicted molar refractivity (Wildman–Crippen MR) is 77.2 cm³/mol. The highest BCUT2D eigenvalue weighted by atomic mass is 79.9. The first-order valence-electron chi connectivity index (χ1n) is 6.72. The molecule has 18 heavy (non-hydrogen) atoms. The van der Waals surface area contributed by atoms with Crippen molar-refractivity contribution in [1.82, 2.24) is 4.90 Å². The lowest BCUT2D eigenvalue weighted by Crippen LogP contribution is -2.29. The fraction of sp³-hybridized carbons (Fsp3) is 0.533. The van der Waals surface area contributed by atoms with Crippen LogP contribution in [0.1, 0.15) is 38.2 Å². The highest BCUT2D eigenvalue weighted by Crippen LogP contribution is 2.24. The molecule has 2 rings (SSSR count). The maximum absolute atomic E-state index is 12.1. The summed E-state index contributed by atoms with van der Waals surface area (Å²) in [7, 11) is 0. The van der Waals surface area contributed by atoms with E-state index < -0.39 is 0 Å². The molecule has 1 unspecified atom stereocenters. The van der Waals surface area contributed by atoms with Crippen LogP contribution >= 0.6 is 15.9 Å². The van der Waals surface area contributed by atoms with Gasteiger partial charge in [-0.25, -0.2) is 0 Å². The molecule has 1 atom stereocenters. The van der Waals surface area contributed by atoms with E-state index in [9.17, 15) is 4.79 Å². The monoisotopic (exact) mass is 309 g/mol. The number of hydrogen-bond acceptors (Lipinski definition) is 1. The van der Waals surface area contributed by atoms with Crippen LogP contribution in [-0.4, -0.2) is 17.4 Å². The average molecular weight is 310 g/mol. The van der Waals surface area contributed by atoms with E-state index in [0.717, 1.165) is 36.3 Å². The second-order valence-electron chi connectivity index (χ2n) is 5.01. The first-order chi connectivity index (χ1) is 8.70. The van der Waals surface area contributed by atoms with E-state index in [0.29, 0.717) is 12.3 Å². The zero-order valence-corrected chi connectivity index (χ0v) is 12.4. The van der Waals surface area contributed by atoms with Gasteiger partial charge in [0.05, 0.1) is 0 Å². The van der Waals surface area contributed by atoms with Crippen molar-refractivity contribution in [3.8, 4) is 0 Å². The van der Waals surface area contributed by atoms with E-state index in [4.69, 9.17) is 0 Å². The third kappa shape index (κ3) is 3.35. The van der Waals surface area contributed by atoms with Gasteiger partial charge in [0.25, 0.3) is 0 Å². The average Bonchev–Trinajstić information content (AvgIpc) is 2.55. The van der Waals surface area contributed by atoms with E-state index in [2.05, 4.69) is 28.9 Å². The van der Waals surface area contributed by atoms with Crippen LogP contribution in [0.2, 0.25) is 0 Å². The molecule has 1 aliphatic rings. The second-order valence-corrected chi connectivity index (χ2v) is 5.86. The summed E-state index contributed by atoms with van der Waals surface area (Å²) in [5, 5.41) is 0. The van der Waals surface area contributed by atoms with Crippen molar-refractivity contribution in [2.75, 3.05) is 6.54 Å². The molecule has 0 aliphatic carbocycles. The molecule has 1 heterocycles. The number of amides is 1. The zero-order valence-electron chi connectivity index (χ0n) is 10.9. The summed E-state index contributed by atoms with van der Waals surface area (Å²) in [6.45, 7) is 3.86. The van der Waals surface area contributed by atoms with Gasteiger partial charge in [0.1, 0.15) is 0 Å². The fourth-order valence-electron chi connectivity index (χ4n) is 2.50. The molecule has 0 saturated carbocycles. The number of nitrogens with zero attached hydrogens (tertiary/aromatic N) is 1. The Morgan fingerprint density at radius 3 is 2.83 bits per heavy atom. The minimum Gasteiger partial charge on any atom is -0.338 e. The molecule has 3 heteroatoms. The van der Waals surface area contributed by atoms with Gasteiger partial charge in [-0.1, -0.05) is 47.5 Å². The molecule has 0 N–H and O–H groups in total. The number of benzene rings is 1. The van der Waals surface area contributed by atoms with Gasteiger partial charge in [0, 0.05) is 24.0 Å². The summed E-state index contributed by atoms with van der Waals surface area (Å²) in [6.07, 6.45) is 4.10. The molecule has 1 aromatic carbocycles. The van der Waals surface area contributed by atoms with Crippen molar-refractivity contribution in [1.29, 1.82) is 0 Å². The maximum atomic E-state index is 12.1. The molecule has 1 aromatic rings. The van der Waals surface area contributed by atoms with Crippen LogP contribution in [-0.2, 0) is 11.3 Å². The van der Waals surface area contributed by atoms with Gasteiger partial charge in [0.2, 0.25) is 5.91 Å². The van der Waals surface area contributed by atoms with E-state index in [1.165, 1.54) is 12.0 Å². The van der Waals surface area contributed by atoms with Crippen molar-refractivity contribution in [3.05, 3.63) is 34.3 Å². The largest absolute Gasteiger partial charge is 0.338 e. The van der Waals surface area contributed by atoms with Crippen LogP contribution in [0, 0.1) is 5.92 Å². The molecule has 1 saturated heterocycles. The Balaban J connectivity index is 2.04. The van der Waals surface area contributed by atoms with Crippen LogP contribution in [0.15, 0.2) is 28.7 Å². The number of carbonyl (C=O) groups excluding carboxylic acids is 1. The quantitative estimate of drug-likeness (QED) is 0.827. The Labute approximate surface area is 117 Å². The van der Waals surface area contributed by atoms with Gasteiger partial charge in [-0.05, 0) is 30.4 Å². The summed E-state index contributed by atoms with van der Waals surface area (Å²) >= 11 is 3.55. The Kier molecular flexibility index (Phi) is 4.81. The third-order valence-electron chi connectivity index (χ3n) is 3.82. The van der Waals surface area contributed by atoms with Gasteiger partial charge in [-0.3, -0.25) is 4.79 Å². The first-order valence-corrected chi connectivity index (χ1v) is 7.51. The zero-order chi connectivity index (χ0) is 13.0. The predicted octanol–water partition coefficient (Wildman–Crippen LogP) is 3.99. The molecule has 98 valence electrons. The summed E-state index contributed by atoms with van der Waals surface area (Å²) < 4.78 is 1.09. The molecule has 0 spiro atoms. The SMILES string of the molecule is CCC1CCC(=O)N(Cc2ccccc2Br)CC1. The highest BCUT2D eigenvalue weighted by molar-refractivity contribution is 9.10. The van der Waals surface area contributed by atoms with Gasteiger partial charge in [0.15, 0.2) is 0 Å². The molecule has 1 amide bonds. The topological polar surface area (TPSA) is 20.3 Å². The minimum atomic E-state index is 0.307. The van der Waals surface area contributed by atoms with Crippen molar-refractivity contribution in [2.45, 2.75) is 39.2 Å². The van der Waals surface area contributed by atoms with Crippen molar-refractivity contribution >= 4 is 21.8 Å². The fourth-order valence-corrected chi connectivity index (χ4v) is 2.91. The van der Waals surface area contributed by atoms with Crippen LogP contribution in [0.4, 0.5) is 0 Å². The maximum Gasteiger partial charge on any atom is 0.222 e. The molecule has 0 radical (unpaired) electrons. The van der Waals surface area contributed by atoms with Crippen LogP contribution in [0.25, 0.3) is 0 Å². The van der Waals surface area contributed by atoms with Gasteiger partial charge < -0.3 is 4.90 Å². The number of likely N-dealkylation sites (tertiary alicyclic amines) is 1. The first kappa shape index (κ1) is 13.6. The number of halogens is 1. The van der Waals surface area contributed by atoms with Gasteiger partial charge in [-0.15, -0.1) is 0 Å². The Bertz CT molecular complexity index is 419. The van der Waals surface area contributed by atoms with Crippen molar-refractivity contribution < 1.29 is 4.79 Å². The number of hydrogen-bond donors (Lipinski definition) is 0. The highest BCUT2D eigenvalue weighted by Gasteiger charge is 2.21. The molecule has 1 aliphatic heterocycles. The van der Waals surface area contributed by atoms with Crippen LogP contribution < -0.4 is 0 Å². The van der Waals surface area contributed by atoms with Gasteiger partial charge >= 0.3 is 0 Å². The summed E-state index contributed by atoms with van der Waals surface area (Å²) in [5.41, 5.74) is 1.20. The number of carbonyl (C=O) groups is 1.